The Morgan fingerprint density at radius 2 is 2.21 bits per heavy atom. The number of hydrogen-bond acceptors (Lipinski definition) is 4. The van der Waals surface area contributed by atoms with Crippen LogP contribution in [0.2, 0.25) is 0 Å². The molecule has 5 nitrogen and oxygen atoms in total. The van der Waals surface area contributed by atoms with Gasteiger partial charge in [-0.2, -0.15) is 0 Å². The fraction of sp³-hybridized carbons (Fsp3) is 0.286. The van der Waals surface area contributed by atoms with Crippen LogP contribution >= 0.6 is 0 Å². The van der Waals surface area contributed by atoms with Crippen molar-refractivity contribution < 1.29 is 14.3 Å². The van der Waals surface area contributed by atoms with E-state index in [4.69, 9.17) is 9.47 Å². The van der Waals surface area contributed by atoms with Gasteiger partial charge in [0.2, 0.25) is 5.91 Å². The van der Waals surface area contributed by atoms with E-state index >= 15 is 0 Å². The molecule has 0 unspecified atom stereocenters. The fourth-order valence-corrected chi connectivity index (χ4v) is 1.64. The number of ether oxygens (including phenoxy) is 2. The molecule has 0 spiro atoms. The van der Waals surface area contributed by atoms with E-state index in [1.165, 1.54) is 10.9 Å². The van der Waals surface area contributed by atoms with E-state index in [9.17, 15) is 4.79 Å². The van der Waals surface area contributed by atoms with Gasteiger partial charge in [-0.3, -0.25) is 9.36 Å². The van der Waals surface area contributed by atoms with Gasteiger partial charge in [-0.1, -0.05) is 6.07 Å². The quantitative estimate of drug-likeness (QED) is 0.748. The Morgan fingerprint density at radius 3 is 2.95 bits per heavy atom. The molecule has 0 saturated carbocycles. The zero-order chi connectivity index (χ0) is 13.5. The van der Waals surface area contributed by atoms with Crippen LogP contribution < -0.4 is 9.47 Å². The van der Waals surface area contributed by atoms with Crippen LogP contribution in [0.1, 0.15) is 17.6 Å². The molecule has 0 N–H and O–H groups in total. The van der Waals surface area contributed by atoms with Crippen molar-refractivity contribution in [2.75, 3.05) is 13.7 Å². The van der Waals surface area contributed by atoms with Crippen LogP contribution in [-0.2, 0) is 0 Å². The van der Waals surface area contributed by atoms with Crippen molar-refractivity contribution in [1.82, 2.24) is 9.55 Å². The molecule has 1 heterocycles. The third-order valence-electron chi connectivity index (χ3n) is 2.64. The summed E-state index contributed by atoms with van der Waals surface area (Å²) in [5, 5.41) is 0. The lowest BCUT2D eigenvalue weighted by Gasteiger charge is -2.07. The van der Waals surface area contributed by atoms with Crippen molar-refractivity contribution in [2.24, 2.45) is 0 Å². The molecular weight excluding hydrogens is 244 g/mol. The van der Waals surface area contributed by atoms with Crippen molar-refractivity contribution in [2.45, 2.75) is 12.8 Å². The Balaban J connectivity index is 1.73. The molecular formula is C14H16N2O3. The molecule has 100 valence electrons. The highest BCUT2D eigenvalue weighted by Crippen LogP contribution is 2.18. The van der Waals surface area contributed by atoms with Crippen molar-refractivity contribution >= 4 is 5.91 Å². The number of carbonyl (C=O) groups excluding carboxylic acids is 1. The predicted octanol–water partition coefficient (Wildman–Crippen LogP) is 2.39. The third kappa shape index (κ3) is 3.84. The van der Waals surface area contributed by atoms with Gasteiger partial charge >= 0.3 is 0 Å². The summed E-state index contributed by atoms with van der Waals surface area (Å²) < 4.78 is 12.1. The smallest absolute Gasteiger partial charge is 0.231 e. The van der Waals surface area contributed by atoms with Crippen LogP contribution in [0.3, 0.4) is 0 Å². The molecule has 1 aromatic carbocycles. The van der Waals surface area contributed by atoms with Crippen LogP contribution in [0.25, 0.3) is 0 Å². The maximum absolute atomic E-state index is 11.7. The first-order chi connectivity index (χ1) is 9.29. The van der Waals surface area contributed by atoms with E-state index < -0.39 is 0 Å². The minimum atomic E-state index is 0.0201. The second-order valence-corrected chi connectivity index (χ2v) is 3.99. The summed E-state index contributed by atoms with van der Waals surface area (Å²) in [6.07, 6.45) is 5.83. The summed E-state index contributed by atoms with van der Waals surface area (Å²) in [4.78, 5) is 15.5. The Bertz CT molecular complexity index is 523. The summed E-state index contributed by atoms with van der Waals surface area (Å²) >= 11 is 0. The summed E-state index contributed by atoms with van der Waals surface area (Å²) in [6, 6.07) is 7.40. The number of benzene rings is 1. The molecule has 0 fully saturated rings. The first-order valence-electron chi connectivity index (χ1n) is 6.07. The minimum absolute atomic E-state index is 0.0201. The molecule has 0 aliphatic heterocycles. The monoisotopic (exact) mass is 260 g/mol. The number of rotatable bonds is 6. The highest BCUT2D eigenvalue weighted by molar-refractivity contribution is 5.78. The number of methoxy groups -OCH3 is 1. The number of nitrogens with zero attached hydrogens (tertiary/aromatic N) is 2. The highest BCUT2D eigenvalue weighted by atomic mass is 16.5. The zero-order valence-corrected chi connectivity index (χ0v) is 10.8. The van der Waals surface area contributed by atoms with Gasteiger partial charge in [-0.25, -0.2) is 4.98 Å². The molecule has 0 aliphatic carbocycles. The maximum Gasteiger partial charge on any atom is 0.231 e. The number of hydrogen-bond donors (Lipinski definition) is 0. The molecule has 0 atom stereocenters. The Labute approximate surface area is 111 Å². The predicted molar refractivity (Wildman–Crippen MR) is 70.6 cm³/mol. The summed E-state index contributed by atoms with van der Waals surface area (Å²) in [7, 11) is 1.61. The summed E-state index contributed by atoms with van der Waals surface area (Å²) in [5.74, 6) is 1.52. The fourth-order valence-electron chi connectivity index (χ4n) is 1.64. The van der Waals surface area contributed by atoms with Crippen LogP contribution in [0.15, 0.2) is 43.0 Å². The van der Waals surface area contributed by atoms with Crippen molar-refractivity contribution in [1.29, 1.82) is 0 Å². The second kappa shape index (κ2) is 6.58. The largest absolute Gasteiger partial charge is 0.497 e. The van der Waals surface area contributed by atoms with Crippen LogP contribution in [0.4, 0.5) is 0 Å². The van der Waals surface area contributed by atoms with Gasteiger partial charge in [-0.05, 0) is 18.6 Å². The van der Waals surface area contributed by atoms with Crippen LogP contribution in [0, 0.1) is 0 Å². The lowest BCUT2D eigenvalue weighted by atomic mass is 10.3. The topological polar surface area (TPSA) is 53.4 Å². The normalized spacial score (nSPS) is 10.2. The Morgan fingerprint density at radius 1 is 1.37 bits per heavy atom. The first-order valence-corrected chi connectivity index (χ1v) is 6.07. The van der Waals surface area contributed by atoms with Crippen molar-refractivity contribution in [3.05, 3.63) is 43.0 Å². The van der Waals surface area contributed by atoms with Crippen LogP contribution in [0.5, 0.6) is 11.5 Å². The average Bonchev–Trinajstić information content (AvgIpc) is 2.98. The van der Waals surface area contributed by atoms with E-state index in [1.54, 1.807) is 19.5 Å². The van der Waals surface area contributed by atoms with E-state index in [-0.39, 0.29) is 5.91 Å². The molecule has 0 saturated heterocycles. The SMILES string of the molecule is COc1cccc(OCCCC(=O)n2ccnc2)c1. The molecule has 2 aromatic rings. The first kappa shape index (κ1) is 13.1. The number of imidazole rings is 1. The Kier molecular flexibility index (Phi) is 4.55. The third-order valence-corrected chi connectivity index (χ3v) is 2.64. The van der Waals surface area contributed by atoms with E-state index in [2.05, 4.69) is 4.98 Å². The molecule has 1 aromatic heterocycles. The van der Waals surface area contributed by atoms with Gasteiger partial charge in [0.25, 0.3) is 0 Å². The molecule has 0 aliphatic rings. The van der Waals surface area contributed by atoms with Gasteiger partial charge < -0.3 is 9.47 Å². The van der Waals surface area contributed by atoms with Crippen LogP contribution in [-0.4, -0.2) is 29.2 Å². The highest BCUT2D eigenvalue weighted by Gasteiger charge is 2.03. The lowest BCUT2D eigenvalue weighted by Crippen LogP contribution is -2.10. The van der Waals surface area contributed by atoms with Gasteiger partial charge in [0.15, 0.2) is 0 Å². The van der Waals surface area contributed by atoms with Crippen molar-refractivity contribution in [3.63, 3.8) is 0 Å². The average molecular weight is 260 g/mol. The molecule has 5 heteroatoms. The molecule has 2 rings (SSSR count). The number of aromatic nitrogens is 2. The molecule has 19 heavy (non-hydrogen) atoms. The molecule has 0 bridgehead atoms. The lowest BCUT2D eigenvalue weighted by molar-refractivity contribution is 0.0893. The molecule has 0 amide bonds. The summed E-state index contributed by atoms with van der Waals surface area (Å²) in [5.41, 5.74) is 0. The maximum atomic E-state index is 11.7. The van der Waals surface area contributed by atoms with Gasteiger partial charge in [0, 0.05) is 24.9 Å². The van der Waals surface area contributed by atoms with Gasteiger partial charge in [0.1, 0.15) is 17.8 Å². The molecule has 0 radical (unpaired) electrons. The number of carbonyl (C=O) groups is 1. The summed E-state index contributed by atoms with van der Waals surface area (Å²) in [6.45, 7) is 0.494. The Hall–Kier alpha value is -2.30. The van der Waals surface area contributed by atoms with Crippen molar-refractivity contribution in [3.8, 4) is 11.5 Å². The van der Waals surface area contributed by atoms with E-state index in [1.807, 2.05) is 24.3 Å². The zero-order valence-electron chi connectivity index (χ0n) is 10.8. The standard InChI is InChI=1S/C14H16N2O3/c1-18-12-4-2-5-13(10-12)19-9-3-6-14(17)16-8-7-15-11-16/h2,4-5,7-8,10-11H,3,6,9H2,1H3. The second-order valence-electron chi connectivity index (χ2n) is 3.99. The van der Waals surface area contributed by atoms with Gasteiger partial charge in [-0.15, -0.1) is 0 Å². The van der Waals surface area contributed by atoms with Gasteiger partial charge in [0.05, 0.1) is 13.7 Å². The minimum Gasteiger partial charge on any atom is -0.497 e. The van der Waals surface area contributed by atoms with E-state index in [0.29, 0.717) is 19.4 Å². The van der Waals surface area contributed by atoms with E-state index in [0.717, 1.165) is 11.5 Å².